The van der Waals surface area contributed by atoms with Crippen molar-refractivity contribution in [2.24, 2.45) is 0 Å². The van der Waals surface area contributed by atoms with E-state index < -0.39 is 12.1 Å². The van der Waals surface area contributed by atoms with Crippen LogP contribution in [0.2, 0.25) is 0 Å². The molecule has 4 amide bonds. The third-order valence-corrected chi connectivity index (χ3v) is 7.02. The number of carbonyl (C=O) groups is 3. The van der Waals surface area contributed by atoms with Crippen molar-refractivity contribution in [2.75, 3.05) is 20.8 Å². The molecule has 2 atom stereocenters. The lowest BCUT2D eigenvalue weighted by atomic mass is 9.91. The Hall–Kier alpha value is -4.01. The molecule has 3 aromatic rings. The van der Waals surface area contributed by atoms with Crippen LogP contribution < -0.4 is 20.1 Å². The summed E-state index contributed by atoms with van der Waals surface area (Å²) in [5, 5.41) is 6.93. The number of H-pyrrole nitrogens is 1. The fraction of sp³-hybridized carbons (Fsp3) is 0.370. The molecule has 1 aliphatic carbocycles. The highest BCUT2D eigenvalue weighted by Crippen LogP contribution is 2.34. The second kappa shape index (κ2) is 9.93. The first kappa shape index (κ1) is 23.7. The third-order valence-electron chi connectivity index (χ3n) is 7.02. The van der Waals surface area contributed by atoms with Crippen molar-refractivity contribution in [1.82, 2.24) is 20.5 Å². The van der Waals surface area contributed by atoms with Gasteiger partial charge < -0.3 is 25.1 Å². The van der Waals surface area contributed by atoms with Gasteiger partial charge in [-0.25, -0.2) is 4.79 Å². The van der Waals surface area contributed by atoms with Crippen LogP contribution in [0.15, 0.2) is 42.5 Å². The van der Waals surface area contributed by atoms with Crippen LogP contribution in [0, 0.1) is 0 Å². The highest BCUT2D eigenvalue weighted by molar-refractivity contribution is 6.05. The minimum absolute atomic E-state index is 0.0938. The first-order valence-corrected chi connectivity index (χ1v) is 12.2. The summed E-state index contributed by atoms with van der Waals surface area (Å²) in [4.78, 5) is 42.9. The van der Waals surface area contributed by atoms with Crippen molar-refractivity contribution >= 4 is 28.7 Å². The molecule has 3 N–H and O–H groups in total. The van der Waals surface area contributed by atoms with E-state index in [9.17, 15) is 14.4 Å². The predicted octanol–water partition coefficient (Wildman–Crippen LogP) is 3.23. The zero-order valence-corrected chi connectivity index (χ0v) is 20.4. The van der Waals surface area contributed by atoms with Crippen molar-refractivity contribution in [2.45, 2.75) is 44.2 Å². The maximum atomic E-state index is 12.9. The smallest absolute Gasteiger partial charge is 0.324 e. The van der Waals surface area contributed by atoms with E-state index in [1.807, 2.05) is 30.3 Å². The topological polar surface area (TPSA) is 113 Å². The second-order valence-electron chi connectivity index (χ2n) is 9.21. The summed E-state index contributed by atoms with van der Waals surface area (Å²) in [6, 6.07) is 12.1. The molecule has 5 rings (SSSR count). The molecule has 1 aliphatic heterocycles. The van der Waals surface area contributed by atoms with Crippen LogP contribution in [0.3, 0.4) is 0 Å². The molecule has 36 heavy (non-hydrogen) atoms. The number of urea groups is 1. The zero-order valence-electron chi connectivity index (χ0n) is 20.4. The van der Waals surface area contributed by atoms with E-state index in [-0.39, 0.29) is 30.8 Å². The first-order valence-electron chi connectivity index (χ1n) is 12.2. The number of nitrogens with one attached hydrogen (secondary N) is 3. The van der Waals surface area contributed by atoms with Crippen LogP contribution in [0.25, 0.3) is 10.9 Å². The average Bonchev–Trinajstić information content (AvgIpc) is 3.39. The fourth-order valence-corrected chi connectivity index (χ4v) is 5.20. The number of carbonyl (C=O) groups excluding carboxylic acids is 3. The number of benzene rings is 2. The van der Waals surface area contributed by atoms with E-state index in [0.29, 0.717) is 17.9 Å². The number of rotatable bonds is 8. The molecule has 1 aromatic heterocycles. The molecular weight excluding hydrogens is 460 g/mol. The number of aromatic amines is 1. The molecule has 2 aliphatic rings. The Morgan fingerprint density at radius 2 is 1.92 bits per heavy atom. The van der Waals surface area contributed by atoms with Crippen molar-refractivity contribution in [3.63, 3.8) is 0 Å². The minimum atomic E-state index is -0.867. The van der Waals surface area contributed by atoms with Crippen LogP contribution in [-0.4, -0.2) is 54.5 Å². The lowest BCUT2D eigenvalue weighted by Gasteiger charge is -2.24. The van der Waals surface area contributed by atoms with Crippen LogP contribution in [0.5, 0.6) is 11.5 Å². The molecule has 188 valence electrons. The van der Waals surface area contributed by atoms with Crippen molar-refractivity contribution in [3.8, 4) is 11.5 Å². The van der Waals surface area contributed by atoms with Gasteiger partial charge in [0, 0.05) is 23.1 Å². The number of imide groups is 1. The van der Waals surface area contributed by atoms with Gasteiger partial charge in [0.25, 0.3) is 5.91 Å². The van der Waals surface area contributed by atoms with Gasteiger partial charge in [-0.15, -0.1) is 0 Å². The Morgan fingerprint density at radius 1 is 1.11 bits per heavy atom. The number of methoxy groups -OCH3 is 2. The van der Waals surface area contributed by atoms with Crippen molar-refractivity contribution in [3.05, 3.63) is 59.3 Å². The zero-order chi connectivity index (χ0) is 25.2. The summed E-state index contributed by atoms with van der Waals surface area (Å²) in [5.74, 6) is 0.555. The number of fused-ring (bicyclic) bond motifs is 3. The maximum Gasteiger partial charge on any atom is 0.324 e. The summed E-state index contributed by atoms with van der Waals surface area (Å²) < 4.78 is 10.6. The largest absolute Gasteiger partial charge is 0.493 e. The molecule has 0 saturated carbocycles. The second-order valence-corrected chi connectivity index (χ2v) is 9.21. The van der Waals surface area contributed by atoms with Gasteiger partial charge in [-0.05, 0) is 55.0 Å². The minimum Gasteiger partial charge on any atom is -0.493 e. The number of ether oxygens (including phenoxy) is 2. The van der Waals surface area contributed by atoms with E-state index in [4.69, 9.17) is 9.47 Å². The van der Waals surface area contributed by atoms with Gasteiger partial charge >= 0.3 is 6.03 Å². The molecule has 0 spiro atoms. The number of hydrogen-bond donors (Lipinski definition) is 3. The van der Waals surface area contributed by atoms with Crippen LogP contribution in [-0.2, 0) is 22.4 Å². The molecule has 9 heteroatoms. The molecular formula is C27H30N4O5. The number of aryl methyl sites for hydroxylation is 1. The number of para-hydroxylation sites is 1. The Balaban J connectivity index is 1.20. The van der Waals surface area contributed by atoms with Gasteiger partial charge in [-0.1, -0.05) is 24.3 Å². The first-order chi connectivity index (χ1) is 17.5. The highest BCUT2D eigenvalue weighted by Gasteiger charge is 2.39. The lowest BCUT2D eigenvalue weighted by Crippen LogP contribution is -2.38. The molecule has 0 radical (unpaired) electrons. The van der Waals surface area contributed by atoms with Gasteiger partial charge in [0.05, 0.1) is 26.7 Å². The maximum absolute atomic E-state index is 12.9. The lowest BCUT2D eigenvalue weighted by molar-refractivity contribution is -0.131. The number of amides is 4. The number of nitrogens with zero attached hydrogens (tertiary/aromatic N) is 1. The molecule has 1 fully saturated rings. The summed E-state index contributed by atoms with van der Waals surface area (Å²) in [6.07, 6.45) is 3.14. The third kappa shape index (κ3) is 4.48. The SMILES string of the molecule is COc1ccc(CCN2C(=O)N[C@@H](CC(=O)N[C@@H]3CCCc4c3[nH]c3ccccc43)C2=O)cc1OC. The average molecular weight is 491 g/mol. The van der Waals surface area contributed by atoms with Gasteiger partial charge in [0.2, 0.25) is 5.91 Å². The molecule has 9 nitrogen and oxygen atoms in total. The van der Waals surface area contributed by atoms with Crippen LogP contribution in [0.1, 0.15) is 42.1 Å². The Morgan fingerprint density at radius 3 is 2.72 bits per heavy atom. The molecule has 0 unspecified atom stereocenters. The Labute approximate surface area is 209 Å². The van der Waals surface area contributed by atoms with E-state index in [1.165, 1.54) is 15.8 Å². The van der Waals surface area contributed by atoms with E-state index in [1.54, 1.807) is 20.3 Å². The molecule has 0 bridgehead atoms. The summed E-state index contributed by atoms with van der Waals surface area (Å²) in [6.45, 7) is 0.208. The van der Waals surface area contributed by atoms with E-state index in [2.05, 4.69) is 21.7 Å². The Bertz CT molecular complexity index is 1320. The van der Waals surface area contributed by atoms with Gasteiger partial charge in [0.1, 0.15) is 6.04 Å². The van der Waals surface area contributed by atoms with Gasteiger partial charge in [0.15, 0.2) is 11.5 Å². The highest BCUT2D eigenvalue weighted by atomic mass is 16.5. The van der Waals surface area contributed by atoms with E-state index in [0.717, 1.165) is 36.0 Å². The van der Waals surface area contributed by atoms with Crippen molar-refractivity contribution < 1.29 is 23.9 Å². The predicted molar refractivity (Wildman–Crippen MR) is 134 cm³/mol. The summed E-state index contributed by atoms with van der Waals surface area (Å²) in [5.41, 5.74) is 4.25. The van der Waals surface area contributed by atoms with E-state index >= 15 is 0 Å². The molecule has 2 heterocycles. The summed E-state index contributed by atoms with van der Waals surface area (Å²) >= 11 is 0. The molecule has 2 aromatic carbocycles. The standard InChI is InChI=1S/C27H30N4O5/c1-35-22-11-10-16(14-23(22)36-2)12-13-31-26(33)21(30-27(31)34)15-24(32)28-20-9-5-7-18-17-6-3-4-8-19(17)29-25(18)20/h3-4,6,8,10-11,14,20-21,29H,5,7,9,12-13,15H2,1-2H3,(H,28,32)(H,30,34)/t20-,21+/m1/s1. The quantitative estimate of drug-likeness (QED) is 0.420. The van der Waals surface area contributed by atoms with Gasteiger partial charge in [-0.3, -0.25) is 14.5 Å². The Kier molecular flexibility index (Phi) is 6.54. The number of aromatic nitrogens is 1. The number of hydrogen-bond acceptors (Lipinski definition) is 5. The summed E-state index contributed by atoms with van der Waals surface area (Å²) in [7, 11) is 3.12. The van der Waals surface area contributed by atoms with Crippen LogP contribution >= 0.6 is 0 Å². The molecule has 1 saturated heterocycles. The van der Waals surface area contributed by atoms with Crippen molar-refractivity contribution in [1.29, 1.82) is 0 Å². The normalized spacial score (nSPS) is 19.2. The fourth-order valence-electron chi connectivity index (χ4n) is 5.20. The van der Waals surface area contributed by atoms with Gasteiger partial charge in [-0.2, -0.15) is 0 Å². The monoisotopic (exact) mass is 490 g/mol. The van der Waals surface area contributed by atoms with Crippen LogP contribution in [0.4, 0.5) is 4.79 Å².